The summed E-state index contributed by atoms with van der Waals surface area (Å²) >= 11 is 0. The Morgan fingerprint density at radius 3 is 2.59 bits per heavy atom. The third-order valence-electron chi connectivity index (χ3n) is 2.96. The maximum atomic E-state index is 11.4. The molecule has 0 aromatic heterocycles. The number of carbonyl (C=O) groups is 1. The molecule has 0 radical (unpaired) electrons. The van der Waals surface area contributed by atoms with Crippen LogP contribution in [-0.2, 0) is 15.1 Å². The van der Waals surface area contributed by atoms with E-state index in [0.717, 1.165) is 24.0 Å². The van der Waals surface area contributed by atoms with Gasteiger partial charge in [-0.2, -0.15) is 0 Å². The molecule has 0 aliphatic rings. The Labute approximate surface area is 102 Å². The highest BCUT2D eigenvalue weighted by molar-refractivity contribution is 5.79. The van der Waals surface area contributed by atoms with E-state index in [1.165, 1.54) is 0 Å². The van der Waals surface area contributed by atoms with Gasteiger partial charge in [-0.25, -0.2) is 4.79 Å². The van der Waals surface area contributed by atoms with Crippen molar-refractivity contribution in [3.8, 4) is 0 Å². The summed E-state index contributed by atoms with van der Waals surface area (Å²) in [7, 11) is 0. The van der Waals surface area contributed by atoms with E-state index >= 15 is 0 Å². The van der Waals surface area contributed by atoms with Gasteiger partial charge < -0.3 is 9.84 Å². The van der Waals surface area contributed by atoms with E-state index in [1.54, 1.807) is 6.92 Å². The molecule has 0 bridgehead atoms. The normalized spacial score (nSPS) is 14.3. The molecule has 1 N–H and O–H groups in total. The number of aryl methyl sites for hydroxylation is 1. The molecule has 17 heavy (non-hydrogen) atoms. The van der Waals surface area contributed by atoms with Crippen LogP contribution >= 0.6 is 0 Å². The number of hydrogen-bond acceptors (Lipinski definition) is 2. The monoisotopic (exact) mass is 236 g/mol. The average molecular weight is 236 g/mol. The number of unbranched alkanes of at least 4 members (excludes halogenated alkanes) is 1. The summed E-state index contributed by atoms with van der Waals surface area (Å²) in [5.41, 5.74) is 0.415. The number of rotatable bonds is 6. The lowest BCUT2D eigenvalue weighted by atomic mass is 9.92. The molecule has 0 amide bonds. The molecular formula is C14H20O3. The number of ether oxygens (including phenoxy) is 1. The highest BCUT2D eigenvalue weighted by atomic mass is 16.5. The number of carboxylic acid groups (broad SMARTS) is 1. The number of carboxylic acids is 1. The number of benzene rings is 1. The zero-order valence-corrected chi connectivity index (χ0v) is 10.7. The van der Waals surface area contributed by atoms with Crippen LogP contribution in [0.4, 0.5) is 0 Å². The Morgan fingerprint density at radius 2 is 2.06 bits per heavy atom. The highest BCUT2D eigenvalue weighted by Crippen LogP contribution is 2.28. The van der Waals surface area contributed by atoms with Gasteiger partial charge in [0, 0.05) is 6.61 Å². The first-order valence-electron chi connectivity index (χ1n) is 5.95. The lowest BCUT2D eigenvalue weighted by Gasteiger charge is -2.27. The van der Waals surface area contributed by atoms with Gasteiger partial charge in [0.2, 0.25) is 0 Å². The topological polar surface area (TPSA) is 46.5 Å². The molecule has 3 nitrogen and oxygen atoms in total. The largest absolute Gasteiger partial charge is 0.479 e. The summed E-state index contributed by atoms with van der Waals surface area (Å²) in [5.74, 6) is -0.942. The lowest BCUT2D eigenvalue weighted by Crippen LogP contribution is -2.36. The van der Waals surface area contributed by atoms with E-state index < -0.39 is 11.6 Å². The fourth-order valence-electron chi connectivity index (χ4n) is 1.78. The predicted molar refractivity (Wildman–Crippen MR) is 67.0 cm³/mol. The van der Waals surface area contributed by atoms with Crippen molar-refractivity contribution in [1.29, 1.82) is 0 Å². The summed E-state index contributed by atoms with van der Waals surface area (Å²) in [6.45, 7) is 6.04. The van der Waals surface area contributed by atoms with Crippen LogP contribution < -0.4 is 0 Å². The SMILES string of the molecule is CCCCOC(C)(C(=O)O)c1ccccc1C. The molecule has 3 heteroatoms. The summed E-state index contributed by atoms with van der Waals surface area (Å²) in [4.78, 5) is 11.4. The van der Waals surface area contributed by atoms with Crippen LogP contribution in [0.3, 0.4) is 0 Å². The molecule has 0 spiro atoms. The molecule has 0 saturated carbocycles. The molecule has 1 unspecified atom stereocenters. The van der Waals surface area contributed by atoms with Crippen molar-refractivity contribution < 1.29 is 14.6 Å². The molecular weight excluding hydrogens is 216 g/mol. The summed E-state index contributed by atoms with van der Waals surface area (Å²) < 4.78 is 5.60. The number of aliphatic carboxylic acids is 1. The van der Waals surface area contributed by atoms with E-state index in [4.69, 9.17) is 4.74 Å². The zero-order chi connectivity index (χ0) is 12.9. The molecule has 0 aliphatic carbocycles. The van der Waals surface area contributed by atoms with Crippen molar-refractivity contribution in [3.63, 3.8) is 0 Å². The maximum Gasteiger partial charge on any atom is 0.340 e. The lowest BCUT2D eigenvalue weighted by molar-refractivity contribution is -0.165. The second-order valence-corrected chi connectivity index (χ2v) is 4.36. The van der Waals surface area contributed by atoms with E-state index in [-0.39, 0.29) is 0 Å². The summed E-state index contributed by atoms with van der Waals surface area (Å²) in [6.07, 6.45) is 1.86. The quantitative estimate of drug-likeness (QED) is 0.772. The van der Waals surface area contributed by atoms with Crippen LogP contribution in [0.5, 0.6) is 0 Å². The Kier molecular flexibility index (Phi) is 4.70. The molecule has 1 aromatic rings. The van der Waals surface area contributed by atoms with Gasteiger partial charge in [0.05, 0.1) is 0 Å². The van der Waals surface area contributed by atoms with E-state index in [9.17, 15) is 9.90 Å². The van der Waals surface area contributed by atoms with E-state index in [2.05, 4.69) is 6.92 Å². The first-order chi connectivity index (χ1) is 8.02. The van der Waals surface area contributed by atoms with Crippen LogP contribution in [-0.4, -0.2) is 17.7 Å². The summed E-state index contributed by atoms with van der Waals surface area (Å²) in [6, 6.07) is 7.45. The van der Waals surface area contributed by atoms with Crippen LogP contribution in [0.25, 0.3) is 0 Å². The standard InChI is InChI=1S/C14H20O3/c1-4-5-10-17-14(3,13(15)16)12-9-7-6-8-11(12)2/h6-9H,4-5,10H2,1-3H3,(H,15,16). The van der Waals surface area contributed by atoms with E-state index in [0.29, 0.717) is 6.61 Å². The van der Waals surface area contributed by atoms with Crippen LogP contribution in [0.1, 0.15) is 37.8 Å². The minimum absolute atomic E-state index is 0.466. The van der Waals surface area contributed by atoms with E-state index in [1.807, 2.05) is 31.2 Å². The van der Waals surface area contributed by atoms with Gasteiger partial charge in [0.25, 0.3) is 0 Å². The molecule has 94 valence electrons. The van der Waals surface area contributed by atoms with Crippen molar-refractivity contribution in [2.45, 2.75) is 39.2 Å². The second-order valence-electron chi connectivity index (χ2n) is 4.36. The van der Waals surface area contributed by atoms with Gasteiger partial charge in [-0.3, -0.25) is 0 Å². The minimum atomic E-state index is -1.25. The fraction of sp³-hybridized carbons (Fsp3) is 0.500. The van der Waals surface area contributed by atoms with Crippen molar-refractivity contribution in [2.24, 2.45) is 0 Å². The third-order valence-corrected chi connectivity index (χ3v) is 2.96. The fourth-order valence-corrected chi connectivity index (χ4v) is 1.78. The van der Waals surface area contributed by atoms with Crippen molar-refractivity contribution in [2.75, 3.05) is 6.61 Å². The molecule has 0 fully saturated rings. The van der Waals surface area contributed by atoms with Crippen molar-refractivity contribution in [1.82, 2.24) is 0 Å². The Morgan fingerprint density at radius 1 is 1.41 bits per heavy atom. The van der Waals surface area contributed by atoms with Gasteiger partial charge in [-0.05, 0) is 31.4 Å². The van der Waals surface area contributed by atoms with Gasteiger partial charge in [0.15, 0.2) is 5.60 Å². The van der Waals surface area contributed by atoms with Gasteiger partial charge in [0.1, 0.15) is 0 Å². The Hall–Kier alpha value is -1.35. The smallest absolute Gasteiger partial charge is 0.340 e. The molecule has 0 saturated heterocycles. The van der Waals surface area contributed by atoms with Crippen LogP contribution in [0.2, 0.25) is 0 Å². The summed E-state index contributed by atoms with van der Waals surface area (Å²) in [5, 5.41) is 9.38. The maximum absolute atomic E-state index is 11.4. The predicted octanol–water partition coefficient (Wildman–Crippen LogP) is 3.11. The first-order valence-corrected chi connectivity index (χ1v) is 5.95. The van der Waals surface area contributed by atoms with Crippen molar-refractivity contribution in [3.05, 3.63) is 35.4 Å². The van der Waals surface area contributed by atoms with Crippen LogP contribution in [0.15, 0.2) is 24.3 Å². The first kappa shape index (κ1) is 13.7. The van der Waals surface area contributed by atoms with Gasteiger partial charge >= 0.3 is 5.97 Å². The average Bonchev–Trinajstić information content (AvgIpc) is 2.29. The molecule has 1 aromatic carbocycles. The number of hydrogen-bond donors (Lipinski definition) is 1. The van der Waals surface area contributed by atoms with Crippen LogP contribution in [0, 0.1) is 6.92 Å². The van der Waals surface area contributed by atoms with Gasteiger partial charge in [-0.15, -0.1) is 0 Å². The molecule has 1 atom stereocenters. The van der Waals surface area contributed by atoms with Gasteiger partial charge in [-0.1, -0.05) is 37.6 Å². The Balaban J connectivity index is 2.99. The molecule has 0 heterocycles. The molecule has 0 aliphatic heterocycles. The second kappa shape index (κ2) is 5.82. The highest BCUT2D eigenvalue weighted by Gasteiger charge is 2.37. The third kappa shape index (κ3) is 3.07. The minimum Gasteiger partial charge on any atom is -0.479 e. The van der Waals surface area contributed by atoms with Crippen molar-refractivity contribution >= 4 is 5.97 Å². The molecule has 1 rings (SSSR count). The Bertz CT molecular complexity index is 387. The zero-order valence-electron chi connectivity index (χ0n) is 10.7.